The van der Waals surface area contributed by atoms with Crippen molar-refractivity contribution in [3.05, 3.63) is 0 Å². The second-order valence-electron chi connectivity index (χ2n) is 5.04. The first-order chi connectivity index (χ1) is 5.18. The molecule has 1 saturated heterocycles. The van der Waals surface area contributed by atoms with Gasteiger partial charge in [0.25, 0.3) is 0 Å². The Bertz CT molecular complexity index is 195. The lowest BCUT2D eigenvalue weighted by Gasteiger charge is -2.53. The SMILES string of the molecule is CC1(C)O[C@H]2[C@@H]3CC[C@@H](C3)[C@H]21. The lowest BCUT2D eigenvalue weighted by atomic mass is 9.71. The van der Waals surface area contributed by atoms with Gasteiger partial charge in [0.1, 0.15) is 0 Å². The summed E-state index contributed by atoms with van der Waals surface area (Å²) in [6, 6.07) is 0. The van der Waals surface area contributed by atoms with Crippen molar-refractivity contribution in [3.63, 3.8) is 0 Å². The lowest BCUT2D eigenvalue weighted by Crippen LogP contribution is -2.58. The summed E-state index contributed by atoms with van der Waals surface area (Å²) in [4.78, 5) is 0. The molecule has 2 saturated carbocycles. The molecule has 0 amide bonds. The molecule has 0 N–H and O–H groups in total. The van der Waals surface area contributed by atoms with Crippen molar-refractivity contribution < 1.29 is 4.74 Å². The molecule has 0 aromatic rings. The Morgan fingerprint density at radius 3 is 2.45 bits per heavy atom. The zero-order chi connectivity index (χ0) is 7.64. The van der Waals surface area contributed by atoms with Gasteiger partial charge < -0.3 is 4.74 Å². The minimum atomic E-state index is 0.227. The summed E-state index contributed by atoms with van der Waals surface area (Å²) >= 11 is 0. The fraction of sp³-hybridized carbons (Fsp3) is 1.00. The zero-order valence-corrected chi connectivity index (χ0v) is 7.34. The van der Waals surface area contributed by atoms with Crippen molar-refractivity contribution in [1.29, 1.82) is 0 Å². The Hall–Kier alpha value is -0.0400. The third-order valence-electron chi connectivity index (χ3n) is 4.08. The van der Waals surface area contributed by atoms with Gasteiger partial charge in [-0.25, -0.2) is 0 Å². The van der Waals surface area contributed by atoms with E-state index in [2.05, 4.69) is 13.8 Å². The highest BCUT2D eigenvalue weighted by Crippen LogP contribution is 2.60. The zero-order valence-electron chi connectivity index (χ0n) is 7.34. The standard InChI is InChI=1S/C10H16O/c1-10(2)8-6-3-4-7(5-6)9(8)11-10/h6-9H,3-5H2,1-2H3/t6-,7+,8+,9-/m0/s1. The van der Waals surface area contributed by atoms with E-state index < -0.39 is 0 Å². The van der Waals surface area contributed by atoms with Crippen LogP contribution in [-0.4, -0.2) is 11.7 Å². The molecule has 3 rings (SSSR count). The molecule has 62 valence electrons. The summed E-state index contributed by atoms with van der Waals surface area (Å²) in [7, 11) is 0. The maximum atomic E-state index is 5.88. The van der Waals surface area contributed by atoms with E-state index in [0.717, 1.165) is 17.8 Å². The third-order valence-corrected chi connectivity index (χ3v) is 4.08. The first-order valence-electron chi connectivity index (χ1n) is 4.86. The van der Waals surface area contributed by atoms with E-state index in [1.54, 1.807) is 0 Å². The van der Waals surface area contributed by atoms with E-state index >= 15 is 0 Å². The van der Waals surface area contributed by atoms with Crippen LogP contribution in [0.2, 0.25) is 0 Å². The summed E-state index contributed by atoms with van der Waals surface area (Å²) in [5.74, 6) is 2.88. The summed E-state index contributed by atoms with van der Waals surface area (Å²) < 4.78 is 5.88. The fourth-order valence-corrected chi connectivity index (χ4v) is 3.73. The Balaban J connectivity index is 1.91. The second kappa shape index (κ2) is 1.66. The molecule has 2 aliphatic carbocycles. The van der Waals surface area contributed by atoms with Gasteiger partial charge in [0.2, 0.25) is 0 Å². The van der Waals surface area contributed by atoms with Crippen LogP contribution in [0.15, 0.2) is 0 Å². The van der Waals surface area contributed by atoms with Gasteiger partial charge >= 0.3 is 0 Å². The van der Waals surface area contributed by atoms with Crippen LogP contribution in [0.25, 0.3) is 0 Å². The number of rotatable bonds is 0. The molecule has 1 nitrogen and oxygen atoms in total. The van der Waals surface area contributed by atoms with Gasteiger partial charge in [-0.1, -0.05) is 0 Å². The lowest BCUT2D eigenvalue weighted by molar-refractivity contribution is -0.258. The minimum absolute atomic E-state index is 0.227. The minimum Gasteiger partial charge on any atom is -0.371 e. The van der Waals surface area contributed by atoms with Crippen molar-refractivity contribution >= 4 is 0 Å². The molecule has 1 aliphatic heterocycles. The first-order valence-corrected chi connectivity index (χ1v) is 4.86. The molecule has 0 aromatic heterocycles. The van der Waals surface area contributed by atoms with E-state index in [0.29, 0.717) is 6.10 Å². The molecule has 3 fully saturated rings. The Morgan fingerprint density at radius 2 is 1.91 bits per heavy atom. The maximum Gasteiger partial charge on any atom is 0.0686 e. The van der Waals surface area contributed by atoms with E-state index in [4.69, 9.17) is 4.74 Å². The molecule has 0 spiro atoms. The Morgan fingerprint density at radius 1 is 1.18 bits per heavy atom. The van der Waals surface area contributed by atoms with Crippen molar-refractivity contribution in [2.24, 2.45) is 17.8 Å². The average Bonchev–Trinajstić information content (AvgIpc) is 2.41. The van der Waals surface area contributed by atoms with Gasteiger partial charge in [0.15, 0.2) is 0 Å². The highest BCUT2D eigenvalue weighted by atomic mass is 16.5. The fourth-order valence-electron chi connectivity index (χ4n) is 3.73. The summed E-state index contributed by atoms with van der Waals surface area (Å²) in [5, 5.41) is 0. The first kappa shape index (κ1) is 6.47. The molecule has 0 unspecified atom stereocenters. The van der Waals surface area contributed by atoms with Crippen LogP contribution in [0, 0.1) is 17.8 Å². The summed E-state index contributed by atoms with van der Waals surface area (Å²) in [5.41, 5.74) is 0.227. The van der Waals surface area contributed by atoms with Crippen LogP contribution in [0.3, 0.4) is 0 Å². The summed E-state index contributed by atoms with van der Waals surface area (Å²) in [6.45, 7) is 4.52. The summed E-state index contributed by atoms with van der Waals surface area (Å²) in [6.07, 6.45) is 5.07. The average molecular weight is 152 g/mol. The van der Waals surface area contributed by atoms with Crippen molar-refractivity contribution in [1.82, 2.24) is 0 Å². The largest absolute Gasteiger partial charge is 0.371 e. The molecular weight excluding hydrogens is 136 g/mol. The number of hydrogen-bond acceptors (Lipinski definition) is 1. The van der Waals surface area contributed by atoms with Gasteiger partial charge in [0, 0.05) is 5.92 Å². The van der Waals surface area contributed by atoms with Crippen LogP contribution >= 0.6 is 0 Å². The maximum absolute atomic E-state index is 5.88. The van der Waals surface area contributed by atoms with Crippen LogP contribution < -0.4 is 0 Å². The van der Waals surface area contributed by atoms with Crippen LogP contribution in [0.1, 0.15) is 33.1 Å². The Kier molecular flexibility index (Phi) is 0.976. The van der Waals surface area contributed by atoms with Gasteiger partial charge in [0.05, 0.1) is 11.7 Å². The topological polar surface area (TPSA) is 9.23 Å². The molecule has 1 heterocycles. The molecule has 0 aromatic carbocycles. The van der Waals surface area contributed by atoms with E-state index in [9.17, 15) is 0 Å². The third kappa shape index (κ3) is 0.618. The highest BCUT2D eigenvalue weighted by molar-refractivity contribution is 5.10. The van der Waals surface area contributed by atoms with Crippen molar-refractivity contribution in [3.8, 4) is 0 Å². The Labute approximate surface area is 68.1 Å². The van der Waals surface area contributed by atoms with Gasteiger partial charge in [-0.15, -0.1) is 0 Å². The molecule has 4 atom stereocenters. The predicted molar refractivity (Wildman–Crippen MR) is 43.3 cm³/mol. The highest BCUT2D eigenvalue weighted by Gasteiger charge is 2.62. The predicted octanol–water partition coefficient (Wildman–Crippen LogP) is 2.21. The monoisotopic (exact) mass is 152 g/mol. The van der Waals surface area contributed by atoms with Gasteiger partial charge in [-0.05, 0) is 44.9 Å². The van der Waals surface area contributed by atoms with Crippen molar-refractivity contribution in [2.75, 3.05) is 0 Å². The van der Waals surface area contributed by atoms with Crippen molar-refractivity contribution in [2.45, 2.75) is 44.8 Å². The normalized spacial score (nSPS) is 57.3. The number of hydrogen-bond donors (Lipinski definition) is 0. The molecule has 1 heteroatoms. The van der Waals surface area contributed by atoms with E-state index in [1.165, 1.54) is 19.3 Å². The second-order valence-corrected chi connectivity index (χ2v) is 5.04. The smallest absolute Gasteiger partial charge is 0.0686 e. The van der Waals surface area contributed by atoms with E-state index in [1.807, 2.05) is 0 Å². The van der Waals surface area contributed by atoms with Gasteiger partial charge in [-0.3, -0.25) is 0 Å². The quantitative estimate of drug-likeness (QED) is 0.517. The van der Waals surface area contributed by atoms with Crippen LogP contribution in [0.5, 0.6) is 0 Å². The molecular formula is C10H16O. The van der Waals surface area contributed by atoms with Crippen LogP contribution in [0.4, 0.5) is 0 Å². The van der Waals surface area contributed by atoms with Crippen LogP contribution in [-0.2, 0) is 4.74 Å². The number of fused-ring (bicyclic) bond motifs is 5. The molecule has 2 bridgehead atoms. The van der Waals surface area contributed by atoms with E-state index in [-0.39, 0.29) is 5.60 Å². The molecule has 3 aliphatic rings. The molecule has 0 radical (unpaired) electrons. The molecule has 11 heavy (non-hydrogen) atoms. The number of ether oxygens (including phenoxy) is 1. The van der Waals surface area contributed by atoms with Gasteiger partial charge in [-0.2, -0.15) is 0 Å².